The first-order chi connectivity index (χ1) is 8.97. The topological polar surface area (TPSA) is 75.8 Å². The Morgan fingerprint density at radius 1 is 1.58 bits per heavy atom. The summed E-state index contributed by atoms with van der Waals surface area (Å²) in [7, 11) is 0. The minimum Gasteiger partial charge on any atom is -0.491 e. The normalized spacial score (nSPS) is 21.3. The van der Waals surface area contributed by atoms with Crippen LogP contribution in [-0.4, -0.2) is 29.0 Å². The quantitative estimate of drug-likeness (QED) is 0.633. The zero-order valence-corrected chi connectivity index (χ0v) is 11.2. The number of nitrogens with two attached hydrogens (primary N) is 1. The molecule has 2 amide bonds. The molecule has 5 heteroatoms. The fourth-order valence-corrected chi connectivity index (χ4v) is 2.26. The molecule has 2 atom stereocenters. The second kappa shape index (κ2) is 5.48. The first-order valence-electron chi connectivity index (χ1n) is 6.50. The van der Waals surface area contributed by atoms with Crippen molar-refractivity contribution < 1.29 is 14.7 Å². The first kappa shape index (κ1) is 13.7. The third kappa shape index (κ3) is 3.61. The van der Waals surface area contributed by atoms with E-state index in [-0.39, 0.29) is 18.6 Å². The van der Waals surface area contributed by atoms with Crippen LogP contribution in [0.15, 0.2) is 24.3 Å². The van der Waals surface area contributed by atoms with E-state index in [1.165, 1.54) is 5.56 Å². The van der Waals surface area contributed by atoms with Crippen molar-refractivity contribution in [3.63, 3.8) is 0 Å². The summed E-state index contributed by atoms with van der Waals surface area (Å²) in [6.07, 6.45) is 1.10. The number of hydrogen-bond donors (Lipinski definition) is 2. The Balaban J connectivity index is 1.95. The lowest BCUT2D eigenvalue weighted by Gasteiger charge is -2.12. The van der Waals surface area contributed by atoms with E-state index in [2.05, 4.69) is 0 Å². The zero-order valence-electron chi connectivity index (χ0n) is 11.2. The van der Waals surface area contributed by atoms with E-state index in [0.717, 1.165) is 12.2 Å². The number of hydroxylamine groups is 2. The maximum atomic E-state index is 10.8. The van der Waals surface area contributed by atoms with E-state index >= 15 is 0 Å². The predicted molar refractivity (Wildman–Crippen MR) is 71.1 cm³/mol. The number of primary amides is 1. The molecule has 1 fully saturated rings. The number of nitrogens with zero attached hydrogens (tertiary/aromatic N) is 1. The van der Waals surface area contributed by atoms with Crippen LogP contribution in [0.25, 0.3) is 0 Å². The van der Waals surface area contributed by atoms with Gasteiger partial charge in [-0.2, -0.15) is 0 Å². The van der Waals surface area contributed by atoms with Gasteiger partial charge >= 0.3 is 6.03 Å². The summed E-state index contributed by atoms with van der Waals surface area (Å²) in [4.78, 5) is 10.8. The molecule has 1 saturated carbocycles. The number of carbonyl (C=O) groups excluding carboxylic acids is 1. The number of amides is 2. The Morgan fingerprint density at radius 3 is 2.95 bits per heavy atom. The Kier molecular flexibility index (Phi) is 3.95. The van der Waals surface area contributed by atoms with Gasteiger partial charge in [0, 0.05) is 0 Å². The lowest BCUT2D eigenvalue weighted by Crippen LogP contribution is -2.34. The molecule has 0 bridgehead atoms. The molecule has 0 unspecified atom stereocenters. The minimum atomic E-state index is -0.803. The average Bonchev–Trinajstić information content (AvgIpc) is 3.07. The van der Waals surface area contributed by atoms with E-state index in [0.29, 0.717) is 11.0 Å². The Bertz CT molecular complexity index is 462. The van der Waals surface area contributed by atoms with Crippen LogP contribution >= 0.6 is 0 Å². The Hall–Kier alpha value is -1.75. The Morgan fingerprint density at radius 2 is 2.32 bits per heavy atom. The summed E-state index contributed by atoms with van der Waals surface area (Å²) in [6, 6.07) is 7.17. The molecule has 5 nitrogen and oxygen atoms in total. The number of hydrogen-bond acceptors (Lipinski definition) is 3. The van der Waals surface area contributed by atoms with Crippen molar-refractivity contribution in [2.24, 2.45) is 11.7 Å². The molecule has 0 heterocycles. The molecule has 1 aliphatic carbocycles. The van der Waals surface area contributed by atoms with Gasteiger partial charge in [0.05, 0.1) is 12.6 Å². The molecule has 0 radical (unpaired) electrons. The van der Waals surface area contributed by atoms with E-state index in [9.17, 15) is 10.0 Å². The largest absolute Gasteiger partial charge is 0.491 e. The second-order valence-corrected chi connectivity index (χ2v) is 5.26. The Labute approximate surface area is 112 Å². The number of carbonyl (C=O) groups is 1. The van der Waals surface area contributed by atoms with Crippen molar-refractivity contribution in [2.75, 3.05) is 6.54 Å². The van der Waals surface area contributed by atoms with Gasteiger partial charge in [0.1, 0.15) is 5.75 Å². The first-order valence-corrected chi connectivity index (χ1v) is 6.50. The standard InChI is InChI=1S/C14H20N2O3/c1-9(2)19-12-5-3-4-10(6-12)13-7-11(13)8-16(18)14(15)17/h3-6,9,11,13,18H,7-8H2,1-2H3,(H2,15,17)/t11-,13-/m0/s1. The van der Waals surface area contributed by atoms with Crippen LogP contribution in [-0.2, 0) is 0 Å². The molecule has 1 aromatic rings. The van der Waals surface area contributed by atoms with E-state index in [1.54, 1.807) is 0 Å². The highest BCUT2D eigenvalue weighted by molar-refractivity contribution is 5.70. The molecule has 2 rings (SSSR count). The minimum absolute atomic E-state index is 0.146. The molecule has 104 valence electrons. The molecule has 3 N–H and O–H groups in total. The van der Waals surface area contributed by atoms with Gasteiger partial charge in [-0.3, -0.25) is 5.21 Å². The molecular formula is C14H20N2O3. The average molecular weight is 264 g/mol. The van der Waals surface area contributed by atoms with Gasteiger partial charge in [-0.05, 0) is 49.8 Å². The van der Waals surface area contributed by atoms with Gasteiger partial charge in [-0.1, -0.05) is 12.1 Å². The fraction of sp³-hybridized carbons (Fsp3) is 0.500. The molecule has 0 aromatic heterocycles. The van der Waals surface area contributed by atoms with Crippen molar-refractivity contribution in [1.82, 2.24) is 5.06 Å². The lowest BCUT2D eigenvalue weighted by molar-refractivity contribution is -0.0431. The maximum absolute atomic E-state index is 10.8. The highest BCUT2D eigenvalue weighted by Crippen LogP contribution is 2.48. The monoisotopic (exact) mass is 264 g/mol. The van der Waals surface area contributed by atoms with Crippen molar-refractivity contribution in [2.45, 2.75) is 32.3 Å². The van der Waals surface area contributed by atoms with Crippen LogP contribution in [0, 0.1) is 5.92 Å². The van der Waals surface area contributed by atoms with E-state index in [1.807, 2.05) is 38.1 Å². The molecule has 19 heavy (non-hydrogen) atoms. The summed E-state index contributed by atoms with van der Waals surface area (Å²) in [6.45, 7) is 4.27. The van der Waals surface area contributed by atoms with Gasteiger partial charge in [-0.15, -0.1) is 0 Å². The van der Waals surface area contributed by atoms with Gasteiger partial charge in [0.2, 0.25) is 0 Å². The van der Waals surface area contributed by atoms with Crippen LogP contribution in [0.5, 0.6) is 5.75 Å². The predicted octanol–water partition coefficient (Wildman–Crippen LogP) is 2.35. The zero-order chi connectivity index (χ0) is 14.0. The maximum Gasteiger partial charge on any atom is 0.338 e. The van der Waals surface area contributed by atoms with E-state index < -0.39 is 6.03 Å². The third-order valence-electron chi connectivity index (χ3n) is 3.24. The molecule has 0 spiro atoms. The molecule has 0 aliphatic heterocycles. The molecular weight excluding hydrogens is 244 g/mol. The molecule has 1 aromatic carbocycles. The smallest absolute Gasteiger partial charge is 0.338 e. The summed E-state index contributed by atoms with van der Waals surface area (Å²) >= 11 is 0. The van der Waals surface area contributed by atoms with Gasteiger partial charge < -0.3 is 10.5 Å². The molecule has 1 aliphatic rings. The van der Waals surface area contributed by atoms with Gasteiger partial charge in [0.15, 0.2) is 0 Å². The van der Waals surface area contributed by atoms with Crippen LogP contribution in [0.4, 0.5) is 4.79 Å². The van der Waals surface area contributed by atoms with Crippen molar-refractivity contribution in [3.8, 4) is 5.75 Å². The summed E-state index contributed by atoms with van der Waals surface area (Å²) in [5.74, 6) is 1.49. The van der Waals surface area contributed by atoms with Crippen molar-refractivity contribution in [1.29, 1.82) is 0 Å². The van der Waals surface area contributed by atoms with Crippen molar-refractivity contribution in [3.05, 3.63) is 29.8 Å². The number of urea groups is 1. The number of benzene rings is 1. The summed E-state index contributed by atoms with van der Waals surface area (Å²) < 4.78 is 5.65. The van der Waals surface area contributed by atoms with Crippen LogP contribution in [0.1, 0.15) is 31.7 Å². The highest BCUT2D eigenvalue weighted by Gasteiger charge is 2.40. The van der Waals surface area contributed by atoms with Crippen molar-refractivity contribution >= 4 is 6.03 Å². The SMILES string of the molecule is CC(C)Oc1cccc([C@@H]2C[C@H]2CN(O)C(N)=O)c1. The lowest BCUT2D eigenvalue weighted by atomic mass is 10.1. The second-order valence-electron chi connectivity index (χ2n) is 5.26. The highest BCUT2D eigenvalue weighted by atomic mass is 16.5. The number of ether oxygens (including phenoxy) is 1. The van der Waals surface area contributed by atoms with Crippen LogP contribution in [0.3, 0.4) is 0 Å². The van der Waals surface area contributed by atoms with Gasteiger partial charge in [0.25, 0.3) is 0 Å². The fourth-order valence-electron chi connectivity index (χ4n) is 2.26. The van der Waals surface area contributed by atoms with E-state index in [4.69, 9.17) is 10.5 Å². The summed E-state index contributed by atoms with van der Waals surface area (Å²) in [5.41, 5.74) is 6.17. The third-order valence-corrected chi connectivity index (χ3v) is 3.24. The number of rotatable bonds is 5. The van der Waals surface area contributed by atoms with Gasteiger partial charge in [-0.25, -0.2) is 9.86 Å². The van der Waals surface area contributed by atoms with Crippen LogP contribution in [0.2, 0.25) is 0 Å². The van der Waals surface area contributed by atoms with Crippen LogP contribution < -0.4 is 10.5 Å². The molecule has 0 saturated heterocycles. The summed E-state index contributed by atoms with van der Waals surface area (Å²) in [5, 5.41) is 9.89.